The topological polar surface area (TPSA) is 73.2 Å². The largest absolute Gasteiger partial charge is 0.497 e. The summed E-state index contributed by atoms with van der Waals surface area (Å²) >= 11 is 1.66. The van der Waals surface area contributed by atoms with Crippen molar-refractivity contribution in [1.82, 2.24) is 15.1 Å². The number of aromatic nitrogens is 2. The third-order valence-electron chi connectivity index (χ3n) is 4.21. The lowest BCUT2D eigenvalue weighted by molar-refractivity contribution is -0.124. The van der Waals surface area contributed by atoms with Gasteiger partial charge in [-0.05, 0) is 55.1 Å². The van der Waals surface area contributed by atoms with E-state index >= 15 is 0 Å². The summed E-state index contributed by atoms with van der Waals surface area (Å²) in [5.74, 6) is 0.513. The lowest BCUT2D eigenvalue weighted by Gasteiger charge is -2.15. The highest BCUT2D eigenvalue weighted by Crippen LogP contribution is 2.20. The number of hydrogen-bond acceptors (Lipinski definition) is 5. The smallest absolute Gasteiger partial charge is 0.267 e. The maximum absolute atomic E-state index is 12.4. The maximum Gasteiger partial charge on any atom is 0.267 e. The minimum Gasteiger partial charge on any atom is -0.497 e. The Bertz CT molecular complexity index is 949. The Kier molecular flexibility index (Phi) is 6.03. The monoisotopic (exact) mass is 383 g/mol. The number of thiophene rings is 1. The molecule has 3 aromatic rings. The maximum atomic E-state index is 12.4. The number of benzene rings is 1. The van der Waals surface area contributed by atoms with E-state index in [1.54, 1.807) is 31.4 Å². The Balaban J connectivity index is 1.72. The fraction of sp³-hybridized carbons (Fsp3) is 0.250. The zero-order valence-corrected chi connectivity index (χ0v) is 16.0. The molecule has 0 radical (unpaired) electrons. The van der Waals surface area contributed by atoms with Crippen molar-refractivity contribution in [1.29, 1.82) is 0 Å². The van der Waals surface area contributed by atoms with Gasteiger partial charge in [-0.25, -0.2) is 4.68 Å². The van der Waals surface area contributed by atoms with Gasteiger partial charge in [-0.2, -0.15) is 5.10 Å². The zero-order chi connectivity index (χ0) is 19.2. The van der Waals surface area contributed by atoms with Gasteiger partial charge in [0.05, 0.1) is 12.8 Å². The molecule has 0 bridgehead atoms. The van der Waals surface area contributed by atoms with Gasteiger partial charge in [-0.15, -0.1) is 11.3 Å². The molecule has 1 atom stereocenters. The van der Waals surface area contributed by atoms with E-state index in [0.29, 0.717) is 12.2 Å². The van der Waals surface area contributed by atoms with Crippen molar-refractivity contribution in [2.24, 2.45) is 0 Å². The minimum absolute atomic E-state index is 0.229. The van der Waals surface area contributed by atoms with Crippen molar-refractivity contribution in [2.45, 2.75) is 19.4 Å². The molecule has 1 amide bonds. The first-order chi connectivity index (χ1) is 13.1. The second kappa shape index (κ2) is 8.64. The molecule has 0 aliphatic rings. The van der Waals surface area contributed by atoms with Gasteiger partial charge in [0.25, 0.3) is 5.56 Å². The van der Waals surface area contributed by atoms with Gasteiger partial charge in [0.15, 0.2) is 0 Å². The highest BCUT2D eigenvalue weighted by Gasteiger charge is 2.17. The molecule has 7 heteroatoms. The van der Waals surface area contributed by atoms with Crippen molar-refractivity contribution in [3.05, 3.63) is 69.1 Å². The van der Waals surface area contributed by atoms with Crippen LogP contribution < -0.4 is 15.6 Å². The third kappa shape index (κ3) is 4.62. The molecule has 0 fully saturated rings. The summed E-state index contributed by atoms with van der Waals surface area (Å²) in [5.41, 5.74) is 1.15. The highest BCUT2D eigenvalue weighted by atomic mass is 32.1. The van der Waals surface area contributed by atoms with Gasteiger partial charge in [0, 0.05) is 23.1 Å². The third-order valence-corrected chi connectivity index (χ3v) is 5.14. The van der Waals surface area contributed by atoms with Crippen molar-refractivity contribution >= 4 is 17.2 Å². The number of methoxy groups -OCH3 is 1. The minimum atomic E-state index is -0.695. The highest BCUT2D eigenvalue weighted by molar-refractivity contribution is 7.09. The van der Waals surface area contributed by atoms with E-state index in [1.807, 2.05) is 41.8 Å². The van der Waals surface area contributed by atoms with Crippen molar-refractivity contribution < 1.29 is 9.53 Å². The predicted octanol–water partition coefficient (Wildman–Crippen LogP) is 2.90. The number of rotatable bonds is 7. The van der Waals surface area contributed by atoms with Crippen molar-refractivity contribution in [3.8, 4) is 17.0 Å². The number of nitrogens with one attached hydrogen (secondary N) is 1. The molecule has 3 rings (SSSR count). The van der Waals surface area contributed by atoms with Crippen molar-refractivity contribution in [3.63, 3.8) is 0 Å². The van der Waals surface area contributed by atoms with Crippen LogP contribution in [0.2, 0.25) is 0 Å². The van der Waals surface area contributed by atoms with E-state index in [4.69, 9.17) is 4.74 Å². The number of amides is 1. The van der Waals surface area contributed by atoms with E-state index in [9.17, 15) is 9.59 Å². The number of nitrogens with zero attached hydrogens (tertiary/aromatic N) is 2. The van der Waals surface area contributed by atoms with Crippen LogP contribution in [0, 0.1) is 0 Å². The first kappa shape index (κ1) is 18.8. The van der Waals surface area contributed by atoms with E-state index in [1.165, 1.54) is 15.6 Å². The first-order valence-electron chi connectivity index (χ1n) is 8.63. The average Bonchev–Trinajstić information content (AvgIpc) is 3.21. The van der Waals surface area contributed by atoms with E-state index in [0.717, 1.165) is 17.7 Å². The molecule has 0 saturated heterocycles. The van der Waals surface area contributed by atoms with Crippen LogP contribution >= 0.6 is 11.3 Å². The lowest BCUT2D eigenvalue weighted by atomic mass is 10.1. The molecule has 0 aliphatic carbocycles. The Morgan fingerprint density at radius 3 is 2.67 bits per heavy atom. The number of carbonyl (C=O) groups is 1. The summed E-state index contributed by atoms with van der Waals surface area (Å²) in [5, 5.41) is 9.26. The molecule has 0 spiro atoms. The fourth-order valence-electron chi connectivity index (χ4n) is 2.64. The molecule has 2 heterocycles. The molecular weight excluding hydrogens is 362 g/mol. The molecule has 1 aromatic carbocycles. The van der Waals surface area contributed by atoms with Crippen LogP contribution in [0.5, 0.6) is 5.75 Å². The Morgan fingerprint density at radius 2 is 2.00 bits per heavy atom. The Morgan fingerprint density at radius 1 is 1.22 bits per heavy atom. The SMILES string of the molecule is COc1ccc(-c2ccc(=O)n(C(C)C(=O)NCCc3cccs3)n2)cc1. The van der Waals surface area contributed by atoms with Crippen LogP contribution in [0.1, 0.15) is 17.8 Å². The number of carbonyl (C=O) groups excluding carboxylic acids is 1. The quantitative estimate of drug-likeness (QED) is 0.681. The molecular formula is C20H21N3O3S. The molecule has 6 nitrogen and oxygen atoms in total. The van der Waals surface area contributed by atoms with Gasteiger partial charge in [-0.3, -0.25) is 9.59 Å². The molecule has 0 aliphatic heterocycles. The van der Waals surface area contributed by atoms with E-state index in [-0.39, 0.29) is 11.5 Å². The van der Waals surface area contributed by atoms with Gasteiger partial charge < -0.3 is 10.1 Å². The second-order valence-corrected chi connectivity index (χ2v) is 7.06. The predicted molar refractivity (Wildman–Crippen MR) is 106 cm³/mol. The number of hydrogen-bond donors (Lipinski definition) is 1. The summed E-state index contributed by atoms with van der Waals surface area (Å²) in [7, 11) is 1.60. The summed E-state index contributed by atoms with van der Waals surface area (Å²) in [6.45, 7) is 2.20. The van der Waals surface area contributed by atoms with Gasteiger partial charge in [-0.1, -0.05) is 6.07 Å². The van der Waals surface area contributed by atoms with E-state index < -0.39 is 6.04 Å². The normalized spacial score (nSPS) is 11.8. The van der Waals surface area contributed by atoms with Gasteiger partial charge in [0.2, 0.25) is 5.91 Å². The molecule has 2 aromatic heterocycles. The lowest BCUT2D eigenvalue weighted by Crippen LogP contribution is -2.37. The van der Waals surface area contributed by atoms with Crippen LogP contribution in [-0.2, 0) is 11.2 Å². The summed E-state index contributed by atoms with van der Waals surface area (Å²) in [6, 6.07) is 13.8. The van der Waals surface area contributed by atoms with Crippen LogP contribution in [0.3, 0.4) is 0 Å². The summed E-state index contributed by atoms with van der Waals surface area (Å²) in [4.78, 5) is 25.9. The van der Waals surface area contributed by atoms with E-state index in [2.05, 4.69) is 10.4 Å². The standard InChI is InChI=1S/C20H21N3O3S/c1-14(20(25)21-12-11-17-4-3-13-27-17)23-19(24)10-9-18(22-23)15-5-7-16(26-2)8-6-15/h3-10,13-14H,11-12H2,1-2H3,(H,21,25). The summed E-state index contributed by atoms with van der Waals surface area (Å²) < 4.78 is 6.38. The van der Waals surface area contributed by atoms with Crippen LogP contribution in [0.25, 0.3) is 11.3 Å². The Labute approximate surface area is 161 Å². The molecule has 27 heavy (non-hydrogen) atoms. The average molecular weight is 383 g/mol. The fourth-order valence-corrected chi connectivity index (χ4v) is 3.35. The molecule has 0 saturated carbocycles. The molecule has 1 N–H and O–H groups in total. The number of ether oxygens (including phenoxy) is 1. The van der Waals surface area contributed by atoms with Gasteiger partial charge >= 0.3 is 0 Å². The molecule has 1 unspecified atom stereocenters. The second-order valence-electron chi connectivity index (χ2n) is 6.03. The first-order valence-corrected chi connectivity index (χ1v) is 9.51. The van der Waals surface area contributed by atoms with Crippen molar-refractivity contribution in [2.75, 3.05) is 13.7 Å². The van der Waals surface area contributed by atoms with Gasteiger partial charge in [0.1, 0.15) is 11.8 Å². The van der Waals surface area contributed by atoms with Crippen LogP contribution in [0.4, 0.5) is 0 Å². The van der Waals surface area contributed by atoms with Crippen LogP contribution in [0.15, 0.2) is 58.7 Å². The molecule has 140 valence electrons. The zero-order valence-electron chi connectivity index (χ0n) is 15.2. The summed E-state index contributed by atoms with van der Waals surface area (Å²) in [6.07, 6.45) is 0.768. The Hall–Kier alpha value is -2.93. The van der Waals surface area contributed by atoms with Crippen LogP contribution in [-0.4, -0.2) is 29.3 Å².